The van der Waals surface area contributed by atoms with Gasteiger partial charge in [0.05, 0.1) is 0 Å². The van der Waals surface area contributed by atoms with Crippen LogP contribution in [0, 0.1) is 0 Å². The fourth-order valence-corrected chi connectivity index (χ4v) is 3.91. The average molecular weight is 461 g/mol. The summed E-state index contributed by atoms with van der Waals surface area (Å²) in [6, 6.07) is 14.9. The van der Waals surface area contributed by atoms with E-state index in [9.17, 15) is 19.5 Å². The topological polar surface area (TPSA) is 146 Å². The van der Waals surface area contributed by atoms with E-state index in [-0.39, 0.29) is 30.7 Å². The van der Waals surface area contributed by atoms with Gasteiger partial charge in [-0.2, -0.15) is 4.98 Å². The predicted octanol–water partition coefficient (Wildman–Crippen LogP) is 3.31. The van der Waals surface area contributed by atoms with Crippen LogP contribution in [0.25, 0.3) is 11.1 Å². The van der Waals surface area contributed by atoms with E-state index < -0.39 is 24.0 Å². The number of aromatic amines is 1. The number of anilines is 1. The molecule has 0 radical (unpaired) electrons. The first kappa shape index (κ1) is 22.7. The van der Waals surface area contributed by atoms with Gasteiger partial charge in [0.25, 0.3) is 11.9 Å². The summed E-state index contributed by atoms with van der Waals surface area (Å²) in [4.78, 5) is 39.8. The monoisotopic (exact) mass is 461 g/mol. The third-order valence-electron chi connectivity index (χ3n) is 5.52. The molecule has 10 nitrogen and oxygen atoms in total. The van der Waals surface area contributed by atoms with Crippen molar-refractivity contribution in [2.24, 2.45) is 0 Å². The number of aliphatic carboxylic acids is 1. The number of carboxylic acid groups (broad SMARTS) is 1. The van der Waals surface area contributed by atoms with Crippen molar-refractivity contribution in [3.63, 3.8) is 0 Å². The number of rotatable bonds is 9. The summed E-state index contributed by atoms with van der Waals surface area (Å²) in [5.41, 5.74) is 4.39. The van der Waals surface area contributed by atoms with Crippen molar-refractivity contribution >= 4 is 23.9 Å². The Bertz CT molecular complexity index is 1190. The molecule has 0 fully saturated rings. The number of carbonyl (C=O) groups is 3. The summed E-state index contributed by atoms with van der Waals surface area (Å²) < 4.78 is 5.42. The van der Waals surface area contributed by atoms with Crippen LogP contribution in [-0.4, -0.2) is 50.9 Å². The Hall–Kier alpha value is -4.47. The van der Waals surface area contributed by atoms with Gasteiger partial charge in [0.1, 0.15) is 12.6 Å². The zero-order chi connectivity index (χ0) is 24.1. The molecule has 4 rings (SSSR count). The molecule has 0 bridgehead atoms. The molecule has 34 heavy (non-hydrogen) atoms. The number of hydrogen-bond donors (Lipinski definition) is 4. The van der Waals surface area contributed by atoms with Crippen LogP contribution in [0.2, 0.25) is 0 Å². The van der Waals surface area contributed by atoms with Crippen LogP contribution in [0.15, 0.2) is 61.2 Å². The Morgan fingerprint density at radius 3 is 2.38 bits per heavy atom. The number of nitrogens with one attached hydrogen (secondary N) is 3. The fourth-order valence-electron chi connectivity index (χ4n) is 3.91. The number of benzene rings is 2. The highest BCUT2D eigenvalue weighted by molar-refractivity contribution is 5.94. The molecule has 2 amide bonds. The predicted molar refractivity (Wildman–Crippen MR) is 123 cm³/mol. The van der Waals surface area contributed by atoms with Crippen molar-refractivity contribution in [2.45, 2.75) is 24.8 Å². The van der Waals surface area contributed by atoms with Gasteiger partial charge in [0, 0.05) is 5.92 Å². The molecule has 174 valence electrons. The van der Waals surface area contributed by atoms with E-state index in [0.717, 1.165) is 22.3 Å². The van der Waals surface area contributed by atoms with E-state index in [1.165, 1.54) is 0 Å². The summed E-state index contributed by atoms with van der Waals surface area (Å²) in [6.45, 7) is 3.65. The first-order valence-corrected chi connectivity index (χ1v) is 10.7. The Kier molecular flexibility index (Phi) is 6.67. The maximum Gasteiger partial charge on any atom is 0.414 e. The van der Waals surface area contributed by atoms with Crippen molar-refractivity contribution in [3.05, 3.63) is 78.1 Å². The van der Waals surface area contributed by atoms with Crippen LogP contribution in [0.4, 0.5) is 10.7 Å². The number of carboxylic acids is 1. The molecule has 1 heterocycles. The van der Waals surface area contributed by atoms with Gasteiger partial charge in [-0.15, -0.1) is 11.7 Å². The lowest BCUT2D eigenvalue weighted by Crippen LogP contribution is -2.41. The van der Waals surface area contributed by atoms with E-state index in [1.54, 1.807) is 6.08 Å². The number of aromatic nitrogens is 3. The van der Waals surface area contributed by atoms with E-state index in [4.69, 9.17) is 4.74 Å². The normalized spacial score (nSPS) is 12.8. The van der Waals surface area contributed by atoms with Gasteiger partial charge in [-0.3, -0.25) is 15.2 Å². The smallest absolute Gasteiger partial charge is 0.414 e. The molecule has 0 aliphatic heterocycles. The number of carbonyl (C=O) groups excluding carboxylic acids is 2. The quantitative estimate of drug-likeness (QED) is 0.358. The number of fused-ring (bicyclic) bond motifs is 3. The molecule has 0 saturated carbocycles. The van der Waals surface area contributed by atoms with E-state index >= 15 is 0 Å². The second-order valence-electron chi connectivity index (χ2n) is 7.69. The highest BCUT2D eigenvalue weighted by atomic mass is 16.5. The number of ether oxygens (including phenoxy) is 1. The zero-order valence-electron chi connectivity index (χ0n) is 18.2. The molecule has 0 spiro atoms. The summed E-state index contributed by atoms with van der Waals surface area (Å²) in [5, 5.41) is 20.1. The lowest BCUT2D eigenvalue weighted by Gasteiger charge is -2.14. The van der Waals surface area contributed by atoms with Crippen LogP contribution in [0.3, 0.4) is 0 Å². The summed E-state index contributed by atoms with van der Waals surface area (Å²) >= 11 is 0. The molecule has 10 heteroatoms. The number of amides is 2. The van der Waals surface area contributed by atoms with E-state index in [1.807, 2.05) is 48.5 Å². The fraction of sp³-hybridized carbons (Fsp3) is 0.208. The third-order valence-corrected chi connectivity index (χ3v) is 5.52. The Labute approximate surface area is 195 Å². The molecule has 1 aliphatic carbocycles. The number of H-pyrrole nitrogens is 1. The molecular weight excluding hydrogens is 438 g/mol. The van der Waals surface area contributed by atoms with E-state index in [2.05, 4.69) is 32.4 Å². The molecule has 1 atom stereocenters. The Balaban J connectivity index is 1.35. The van der Waals surface area contributed by atoms with Crippen LogP contribution >= 0.6 is 0 Å². The van der Waals surface area contributed by atoms with Crippen molar-refractivity contribution in [2.75, 3.05) is 11.9 Å². The zero-order valence-corrected chi connectivity index (χ0v) is 18.2. The molecule has 1 aliphatic rings. The van der Waals surface area contributed by atoms with Crippen molar-refractivity contribution in [3.8, 4) is 11.1 Å². The van der Waals surface area contributed by atoms with Gasteiger partial charge in [0.15, 0.2) is 0 Å². The van der Waals surface area contributed by atoms with Gasteiger partial charge in [-0.1, -0.05) is 54.6 Å². The number of nitrogens with zero attached hydrogens (tertiary/aromatic N) is 2. The van der Waals surface area contributed by atoms with Gasteiger partial charge < -0.3 is 15.2 Å². The second kappa shape index (κ2) is 9.99. The van der Waals surface area contributed by atoms with Crippen LogP contribution in [0.1, 0.15) is 40.5 Å². The molecule has 0 saturated heterocycles. The van der Waals surface area contributed by atoms with Gasteiger partial charge in [-0.25, -0.2) is 9.59 Å². The number of allylic oxidation sites excluding steroid dienone is 1. The van der Waals surface area contributed by atoms with Gasteiger partial charge in [-0.05, 0) is 35.1 Å². The number of hydrogen-bond acceptors (Lipinski definition) is 6. The van der Waals surface area contributed by atoms with Crippen molar-refractivity contribution < 1.29 is 24.2 Å². The molecule has 1 aromatic heterocycles. The minimum atomic E-state index is -1.17. The average Bonchev–Trinajstić information content (AvgIpc) is 3.43. The molecular formula is C24H23N5O5. The summed E-state index contributed by atoms with van der Waals surface area (Å²) in [5.74, 6) is -2.44. The van der Waals surface area contributed by atoms with Crippen LogP contribution < -0.4 is 10.6 Å². The van der Waals surface area contributed by atoms with Crippen LogP contribution in [0.5, 0.6) is 0 Å². The van der Waals surface area contributed by atoms with Crippen LogP contribution in [-0.2, 0) is 9.53 Å². The lowest BCUT2D eigenvalue weighted by atomic mass is 9.98. The molecule has 3 aromatic rings. The largest absolute Gasteiger partial charge is 0.480 e. The maximum atomic E-state index is 12.3. The van der Waals surface area contributed by atoms with Gasteiger partial charge in [0.2, 0.25) is 5.82 Å². The van der Waals surface area contributed by atoms with Crippen molar-refractivity contribution in [1.82, 2.24) is 20.5 Å². The van der Waals surface area contributed by atoms with E-state index in [0.29, 0.717) is 6.42 Å². The van der Waals surface area contributed by atoms with Gasteiger partial charge >= 0.3 is 12.1 Å². The minimum Gasteiger partial charge on any atom is -0.480 e. The summed E-state index contributed by atoms with van der Waals surface area (Å²) in [6.07, 6.45) is 1.39. The molecule has 2 aromatic carbocycles. The highest BCUT2D eigenvalue weighted by Crippen LogP contribution is 2.44. The first-order chi connectivity index (χ1) is 16.5. The SMILES string of the molecule is C=CCCC(NC(=O)c1nc(NC(=O)OCC2c3ccccc3-c3ccccc32)n[nH]1)C(=O)O. The molecule has 4 N–H and O–H groups in total. The highest BCUT2D eigenvalue weighted by Gasteiger charge is 2.29. The second-order valence-corrected chi connectivity index (χ2v) is 7.69. The molecule has 1 unspecified atom stereocenters. The standard InChI is InChI=1S/C24H23N5O5/c1-2-3-12-19(22(31)32)25-21(30)20-26-23(29-28-20)27-24(33)34-13-18-16-10-6-4-8-14(16)15-9-5-7-11-17(15)18/h2,4-11,18-19H,1,3,12-13H2,(H,25,30)(H,31,32)(H2,26,27,28,29,33). The summed E-state index contributed by atoms with van der Waals surface area (Å²) in [7, 11) is 0. The minimum absolute atomic E-state index is 0.102. The Morgan fingerprint density at radius 1 is 1.12 bits per heavy atom. The third kappa shape index (κ3) is 4.80. The van der Waals surface area contributed by atoms with Crippen molar-refractivity contribution in [1.29, 1.82) is 0 Å². The lowest BCUT2D eigenvalue weighted by molar-refractivity contribution is -0.139. The maximum absolute atomic E-state index is 12.3. The first-order valence-electron chi connectivity index (χ1n) is 10.7. The Morgan fingerprint density at radius 2 is 1.76 bits per heavy atom.